The van der Waals surface area contributed by atoms with Crippen molar-refractivity contribution in [2.75, 3.05) is 0 Å². The highest BCUT2D eigenvalue weighted by molar-refractivity contribution is 5.70. The van der Waals surface area contributed by atoms with Crippen LogP contribution in [0.5, 0.6) is 28.7 Å². The first-order valence-electron chi connectivity index (χ1n) is 27.4. The van der Waals surface area contributed by atoms with Gasteiger partial charge in [0, 0.05) is 63.6 Å². The zero-order valence-electron chi connectivity index (χ0n) is 44.2. The number of rotatable bonds is 8. The Labute approximate surface area is 471 Å². The van der Waals surface area contributed by atoms with Crippen molar-refractivity contribution < 1.29 is 25.5 Å². The van der Waals surface area contributed by atoms with Crippen LogP contribution < -0.4 is 0 Å². The molecule has 8 bridgehead atoms. The fourth-order valence-corrected chi connectivity index (χ4v) is 12.2. The highest BCUT2D eigenvalue weighted by Gasteiger charge is 2.33. The average Bonchev–Trinajstić information content (AvgIpc) is 3.69. The van der Waals surface area contributed by atoms with Gasteiger partial charge in [0.1, 0.15) is 28.7 Å². The normalized spacial score (nSPS) is 15.7. The van der Waals surface area contributed by atoms with E-state index in [9.17, 15) is 25.5 Å². The van der Waals surface area contributed by atoms with Crippen LogP contribution in [-0.4, -0.2) is 25.5 Å². The van der Waals surface area contributed by atoms with E-state index in [0.717, 1.165) is 83.5 Å². The third kappa shape index (κ3) is 9.76. The highest BCUT2D eigenvalue weighted by atomic mass is 16.3. The van der Waals surface area contributed by atoms with Gasteiger partial charge in [-0.3, -0.25) is 0 Å². The van der Waals surface area contributed by atoms with Gasteiger partial charge in [0.05, 0.1) is 0 Å². The van der Waals surface area contributed by atoms with Gasteiger partial charge in [-0.1, -0.05) is 255 Å². The monoisotopic (exact) mass is 1050 g/mol. The minimum Gasteiger partial charge on any atom is -0.508 e. The molecular formula is C76H56O5. The summed E-state index contributed by atoms with van der Waals surface area (Å²) >= 11 is 0. The molecule has 13 rings (SSSR count). The van der Waals surface area contributed by atoms with E-state index in [1.54, 1.807) is 6.07 Å². The number of benzene rings is 12. The lowest BCUT2D eigenvalue weighted by molar-refractivity contribution is 0.439. The standard InChI is InChI=1S/C76H56O5/c77-68-41-40-62-43-63(68)76(59-38-30-55(31-39-59)51-20-11-4-12-21-51)67-45-66(71(80)47-72(67)81)74(57-34-26-53(27-35-57)49-16-7-2-8-17-49)61-23-13-22-60(42-61)73(56-32-24-52(25-33-56)48-14-5-1-6-15-48)64-44-65(70(79)46-69(64)78)75(62)58-36-28-54(29-37-58)50-18-9-3-10-19-50/h1-47,73-81H. The van der Waals surface area contributed by atoms with Gasteiger partial charge in [0.25, 0.3) is 0 Å². The molecule has 0 saturated carbocycles. The van der Waals surface area contributed by atoms with Gasteiger partial charge in [0.15, 0.2) is 0 Å². The minimum absolute atomic E-state index is 0.000384. The molecule has 5 N–H and O–H groups in total. The Morgan fingerprint density at radius 3 is 0.728 bits per heavy atom. The van der Waals surface area contributed by atoms with E-state index in [4.69, 9.17) is 0 Å². The van der Waals surface area contributed by atoms with E-state index >= 15 is 0 Å². The zero-order valence-corrected chi connectivity index (χ0v) is 44.2. The quantitative estimate of drug-likeness (QED) is 0.104. The van der Waals surface area contributed by atoms with Crippen LogP contribution in [0.25, 0.3) is 44.5 Å². The third-order valence-corrected chi connectivity index (χ3v) is 16.3. The Bertz CT molecular complexity index is 4180. The van der Waals surface area contributed by atoms with Crippen molar-refractivity contribution in [3.8, 4) is 73.3 Å². The predicted molar refractivity (Wildman–Crippen MR) is 325 cm³/mol. The second-order valence-electron chi connectivity index (χ2n) is 21.1. The molecule has 4 atom stereocenters. The number of phenolic OH excluding ortho intramolecular Hbond substituents is 5. The molecule has 4 unspecified atom stereocenters. The molecule has 390 valence electrons. The summed E-state index contributed by atoms with van der Waals surface area (Å²) in [5, 5.41) is 62.2. The molecule has 12 aromatic carbocycles. The molecule has 1 aliphatic rings. The van der Waals surface area contributed by atoms with Gasteiger partial charge >= 0.3 is 0 Å². The summed E-state index contributed by atoms with van der Waals surface area (Å²) in [5.41, 5.74) is 17.0. The Hall–Kier alpha value is -10.4. The topological polar surface area (TPSA) is 101 Å². The molecule has 5 heteroatoms. The zero-order chi connectivity index (χ0) is 55.0. The van der Waals surface area contributed by atoms with E-state index in [1.807, 2.05) is 115 Å². The summed E-state index contributed by atoms with van der Waals surface area (Å²) in [6.45, 7) is 0. The van der Waals surface area contributed by atoms with Crippen molar-refractivity contribution >= 4 is 0 Å². The maximum atomic E-state index is 12.4. The molecule has 12 aromatic rings. The van der Waals surface area contributed by atoms with Crippen LogP contribution in [-0.2, 0) is 0 Å². The van der Waals surface area contributed by atoms with Gasteiger partial charge in [0.2, 0.25) is 0 Å². The first kappa shape index (κ1) is 50.2. The summed E-state index contributed by atoms with van der Waals surface area (Å²) in [6.07, 6.45) is 0. The molecule has 0 fully saturated rings. The first-order valence-corrected chi connectivity index (χ1v) is 27.4. The maximum absolute atomic E-state index is 12.4. The largest absolute Gasteiger partial charge is 0.508 e. The van der Waals surface area contributed by atoms with Crippen molar-refractivity contribution in [3.63, 3.8) is 0 Å². The molecule has 0 spiro atoms. The van der Waals surface area contributed by atoms with Gasteiger partial charge in [-0.25, -0.2) is 0 Å². The molecule has 1 aliphatic carbocycles. The lowest BCUT2D eigenvalue weighted by atomic mass is 9.75. The summed E-state index contributed by atoms with van der Waals surface area (Å²) < 4.78 is 0. The van der Waals surface area contributed by atoms with Gasteiger partial charge in [-0.2, -0.15) is 0 Å². The Morgan fingerprint density at radius 1 is 0.160 bits per heavy atom. The molecule has 0 saturated heterocycles. The van der Waals surface area contributed by atoms with E-state index in [2.05, 4.69) is 152 Å². The lowest BCUT2D eigenvalue weighted by Gasteiger charge is -2.29. The van der Waals surface area contributed by atoms with Crippen molar-refractivity contribution in [2.45, 2.75) is 23.7 Å². The Balaban J connectivity index is 1.09. The van der Waals surface area contributed by atoms with Crippen molar-refractivity contribution in [3.05, 3.63) is 352 Å². The number of hydrogen-bond donors (Lipinski definition) is 5. The summed E-state index contributed by atoms with van der Waals surface area (Å²) in [4.78, 5) is 0. The van der Waals surface area contributed by atoms with Crippen LogP contribution in [0.4, 0.5) is 0 Å². The van der Waals surface area contributed by atoms with Crippen LogP contribution in [0.15, 0.2) is 285 Å². The van der Waals surface area contributed by atoms with Crippen molar-refractivity contribution in [1.82, 2.24) is 0 Å². The van der Waals surface area contributed by atoms with Gasteiger partial charge in [-0.15, -0.1) is 0 Å². The van der Waals surface area contributed by atoms with E-state index < -0.39 is 23.7 Å². The second kappa shape index (κ2) is 21.5. The lowest BCUT2D eigenvalue weighted by Crippen LogP contribution is -2.12. The smallest absolute Gasteiger partial charge is 0.123 e. The van der Waals surface area contributed by atoms with Crippen LogP contribution in [0.3, 0.4) is 0 Å². The number of phenols is 5. The van der Waals surface area contributed by atoms with Crippen LogP contribution in [0, 0.1) is 0 Å². The average molecular weight is 1050 g/mol. The van der Waals surface area contributed by atoms with Crippen LogP contribution in [0.1, 0.15) is 90.4 Å². The molecule has 0 heterocycles. The van der Waals surface area contributed by atoms with Crippen LogP contribution in [0.2, 0.25) is 0 Å². The van der Waals surface area contributed by atoms with E-state index in [0.29, 0.717) is 27.8 Å². The number of hydrogen-bond acceptors (Lipinski definition) is 5. The van der Waals surface area contributed by atoms with Crippen LogP contribution >= 0.6 is 0 Å². The minimum atomic E-state index is -0.775. The molecule has 0 aliphatic heterocycles. The summed E-state index contributed by atoms with van der Waals surface area (Å²) in [5.74, 6) is -2.96. The molecule has 0 amide bonds. The fourth-order valence-electron chi connectivity index (χ4n) is 12.2. The maximum Gasteiger partial charge on any atom is 0.123 e. The van der Waals surface area contributed by atoms with Crippen molar-refractivity contribution in [1.29, 1.82) is 0 Å². The van der Waals surface area contributed by atoms with Crippen molar-refractivity contribution in [2.24, 2.45) is 0 Å². The fraction of sp³-hybridized carbons (Fsp3) is 0.0526. The highest BCUT2D eigenvalue weighted by Crippen LogP contribution is 2.51. The predicted octanol–water partition coefficient (Wildman–Crippen LogP) is 17.9. The Morgan fingerprint density at radius 2 is 0.407 bits per heavy atom. The third-order valence-electron chi connectivity index (χ3n) is 16.3. The van der Waals surface area contributed by atoms with Gasteiger partial charge in [-0.05, 0) is 102 Å². The van der Waals surface area contributed by atoms with E-state index in [-0.39, 0.29) is 28.7 Å². The molecule has 5 nitrogen and oxygen atoms in total. The molecule has 0 radical (unpaired) electrons. The second-order valence-corrected chi connectivity index (χ2v) is 21.1. The summed E-state index contributed by atoms with van der Waals surface area (Å²) in [6, 6.07) is 94.8. The van der Waals surface area contributed by atoms with Gasteiger partial charge < -0.3 is 25.5 Å². The first-order chi connectivity index (χ1) is 39.7. The Kier molecular flexibility index (Phi) is 13.3. The SMILES string of the molecule is Oc1cc(O)c2cc1C(c1ccc(-c3ccccc3)cc1)c1cccc(c1)C(c1ccc(-c3ccccc3)cc1)c1cc(c(O)cc1O)C(c1ccc(-c3ccccc3)cc1)c1cc(ccc1O)C2c1ccc(-c2ccccc2)cc1. The van der Waals surface area contributed by atoms with E-state index in [1.165, 1.54) is 12.1 Å². The number of aromatic hydroxyl groups is 5. The molecular weight excluding hydrogens is 993 g/mol. The number of fused-ring (bicyclic) bond motifs is 8. The molecule has 0 aromatic heterocycles. The summed E-state index contributed by atoms with van der Waals surface area (Å²) in [7, 11) is 0. The molecule has 81 heavy (non-hydrogen) atoms.